The first-order valence-electron chi connectivity index (χ1n) is 6.16. The fourth-order valence-electron chi connectivity index (χ4n) is 2.18. The molecule has 0 amide bonds. The molecule has 7 heteroatoms. The van der Waals surface area contributed by atoms with Crippen molar-refractivity contribution in [3.05, 3.63) is 28.4 Å². The van der Waals surface area contributed by atoms with E-state index in [1.807, 2.05) is 0 Å². The maximum Gasteiger partial charge on any atom is 0.311 e. The number of piperidine rings is 1. The van der Waals surface area contributed by atoms with Crippen molar-refractivity contribution < 1.29 is 4.92 Å². The predicted octanol–water partition coefficient (Wildman–Crippen LogP) is 1.39. The topological polar surface area (TPSA) is 95.1 Å². The van der Waals surface area contributed by atoms with Crippen LogP contribution < -0.4 is 5.32 Å². The summed E-state index contributed by atoms with van der Waals surface area (Å²) in [5.74, 6) is 0.325. The van der Waals surface area contributed by atoms with E-state index in [2.05, 4.69) is 21.3 Å². The number of nitrogens with one attached hydrogen (secondary N) is 1. The molecule has 1 aliphatic rings. The Bertz CT molecular complexity index is 491. The minimum Gasteiger partial charge on any atom is -0.362 e. The van der Waals surface area contributed by atoms with Crippen LogP contribution in [-0.4, -0.2) is 40.5 Å². The van der Waals surface area contributed by atoms with E-state index in [9.17, 15) is 10.1 Å². The number of aromatic nitrogens is 1. The van der Waals surface area contributed by atoms with Crippen LogP contribution in [0.25, 0.3) is 0 Å². The van der Waals surface area contributed by atoms with Crippen LogP contribution in [0.3, 0.4) is 0 Å². The molecule has 1 aromatic heterocycles. The van der Waals surface area contributed by atoms with Crippen molar-refractivity contribution in [1.82, 2.24) is 9.88 Å². The van der Waals surface area contributed by atoms with Crippen molar-refractivity contribution in [2.24, 2.45) is 0 Å². The van der Waals surface area contributed by atoms with E-state index in [0.29, 0.717) is 12.4 Å². The molecule has 1 saturated heterocycles. The molecule has 19 heavy (non-hydrogen) atoms. The molecule has 0 aliphatic carbocycles. The maximum absolute atomic E-state index is 10.9. The van der Waals surface area contributed by atoms with Crippen LogP contribution in [-0.2, 0) is 0 Å². The van der Waals surface area contributed by atoms with Gasteiger partial charge in [0.15, 0.2) is 0 Å². The zero-order chi connectivity index (χ0) is 13.7. The van der Waals surface area contributed by atoms with Crippen LogP contribution >= 0.6 is 0 Å². The van der Waals surface area contributed by atoms with E-state index in [0.717, 1.165) is 25.9 Å². The molecule has 0 spiro atoms. The van der Waals surface area contributed by atoms with Crippen molar-refractivity contribution >= 4 is 11.5 Å². The number of hydrogen-bond acceptors (Lipinski definition) is 6. The Morgan fingerprint density at radius 1 is 1.58 bits per heavy atom. The van der Waals surface area contributed by atoms with Crippen LogP contribution in [0, 0.1) is 21.4 Å². The fraction of sp³-hybridized carbons (Fsp3) is 0.500. The van der Waals surface area contributed by atoms with Gasteiger partial charge in [-0.1, -0.05) is 0 Å². The maximum atomic E-state index is 10.9. The molecule has 0 saturated carbocycles. The molecule has 0 aromatic carbocycles. The average molecular weight is 261 g/mol. The molecular weight excluding hydrogens is 246 g/mol. The summed E-state index contributed by atoms with van der Waals surface area (Å²) in [6.07, 6.45) is 3.25. The van der Waals surface area contributed by atoms with E-state index >= 15 is 0 Å². The van der Waals surface area contributed by atoms with Gasteiger partial charge in [0.2, 0.25) is 5.82 Å². The number of rotatable bonds is 4. The van der Waals surface area contributed by atoms with Crippen LogP contribution in [0.1, 0.15) is 12.8 Å². The molecule has 1 aliphatic heterocycles. The van der Waals surface area contributed by atoms with Crippen molar-refractivity contribution in [3.63, 3.8) is 0 Å². The summed E-state index contributed by atoms with van der Waals surface area (Å²) in [4.78, 5) is 16.6. The third-order valence-corrected chi connectivity index (χ3v) is 3.21. The Hall–Kier alpha value is -2.20. The number of nitrogens with zero attached hydrogens (tertiary/aromatic N) is 4. The molecule has 0 unspecified atom stereocenters. The molecule has 0 radical (unpaired) electrons. The van der Waals surface area contributed by atoms with Gasteiger partial charge in [-0.2, -0.15) is 5.26 Å². The second-order valence-electron chi connectivity index (χ2n) is 4.48. The molecular formula is C12H15N5O2. The molecule has 2 rings (SSSR count). The van der Waals surface area contributed by atoms with E-state index in [1.54, 1.807) is 12.3 Å². The number of pyridine rings is 1. The Kier molecular flexibility index (Phi) is 4.26. The van der Waals surface area contributed by atoms with Gasteiger partial charge in [0.1, 0.15) is 0 Å². The van der Waals surface area contributed by atoms with Crippen LogP contribution in [0.4, 0.5) is 11.5 Å². The van der Waals surface area contributed by atoms with Gasteiger partial charge in [-0.15, -0.1) is 0 Å². The largest absolute Gasteiger partial charge is 0.362 e. The highest BCUT2D eigenvalue weighted by molar-refractivity contribution is 5.55. The minimum atomic E-state index is -0.430. The van der Waals surface area contributed by atoms with E-state index in [4.69, 9.17) is 5.26 Å². The third-order valence-electron chi connectivity index (χ3n) is 3.21. The van der Waals surface area contributed by atoms with Gasteiger partial charge in [0.25, 0.3) is 0 Å². The minimum absolute atomic E-state index is 0.00181. The number of nitriles is 1. The molecule has 1 fully saturated rings. The first-order chi connectivity index (χ1) is 9.20. The van der Waals surface area contributed by atoms with Crippen molar-refractivity contribution in [2.45, 2.75) is 18.9 Å². The Morgan fingerprint density at radius 3 is 2.95 bits per heavy atom. The molecule has 7 nitrogen and oxygen atoms in total. The van der Waals surface area contributed by atoms with Gasteiger partial charge in [-0.25, -0.2) is 4.98 Å². The Morgan fingerprint density at radius 2 is 2.32 bits per heavy atom. The molecule has 0 bridgehead atoms. The highest BCUT2D eigenvalue weighted by atomic mass is 16.6. The molecule has 1 aromatic rings. The van der Waals surface area contributed by atoms with Crippen molar-refractivity contribution in [1.29, 1.82) is 5.26 Å². The lowest BCUT2D eigenvalue weighted by Crippen LogP contribution is -2.39. The van der Waals surface area contributed by atoms with E-state index < -0.39 is 4.92 Å². The van der Waals surface area contributed by atoms with Gasteiger partial charge < -0.3 is 5.32 Å². The highest BCUT2D eigenvalue weighted by Gasteiger charge is 2.22. The Balaban J connectivity index is 1.96. The zero-order valence-corrected chi connectivity index (χ0v) is 10.5. The highest BCUT2D eigenvalue weighted by Crippen LogP contribution is 2.23. The van der Waals surface area contributed by atoms with Gasteiger partial charge >= 0.3 is 5.69 Å². The third kappa shape index (κ3) is 3.39. The fourth-order valence-corrected chi connectivity index (χ4v) is 2.18. The SMILES string of the molecule is N#CCN1CCC(Nc2ncccc2[N+](=O)[O-])CC1. The molecule has 2 heterocycles. The van der Waals surface area contributed by atoms with Crippen LogP contribution in [0.5, 0.6) is 0 Å². The standard InChI is InChI=1S/C12H15N5O2/c13-5-9-16-7-3-10(4-8-16)15-12-11(17(18)19)2-1-6-14-12/h1-2,6,10H,3-4,7-9H2,(H,14,15). The predicted molar refractivity (Wildman–Crippen MR) is 69.6 cm³/mol. The first-order valence-corrected chi connectivity index (χ1v) is 6.16. The number of nitro groups is 1. The van der Waals surface area contributed by atoms with Gasteiger partial charge in [0.05, 0.1) is 17.5 Å². The summed E-state index contributed by atoms with van der Waals surface area (Å²) >= 11 is 0. The average Bonchev–Trinajstić information content (AvgIpc) is 2.42. The number of anilines is 1. The lowest BCUT2D eigenvalue weighted by molar-refractivity contribution is -0.384. The summed E-state index contributed by atoms with van der Waals surface area (Å²) in [6.45, 7) is 2.09. The monoisotopic (exact) mass is 261 g/mol. The molecule has 100 valence electrons. The second kappa shape index (κ2) is 6.11. The van der Waals surface area contributed by atoms with Gasteiger partial charge in [0, 0.05) is 31.4 Å². The lowest BCUT2D eigenvalue weighted by atomic mass is 10.1. The van der Waals surface area contributed by atoms with E-state index in [1.165, 1.54) is 6.07 Å². The van der Waals surface area contributed by atoms with Crippen molar-refractivity contribution in [2.75, 3.05) is 25.0 Å². The number of hydrogen-bond donors (Lipinski definition) is 1. The zero-order valence-electron chi connectivity index (χ0n) is 10.5. The normalized spacial score (nSPS) is 16.8. The van der Waals surface area contributed by atoms with Gasteiger partial charge in [-0.05, 0) is 18.9 Å². The van der Waals surface area contributed by atoms with Crippen LogP contribution in [0.2, 0.25) is 0 Å². The summed E-state index contributed by atoms with van der Waals surface area (Å²) in [5, 5.41) is 22.6. The van der Waals surface area contributed by atoms with Crippen molar-refractivity contribution in [3.8, 4) is 6.07 Å². The summed E-state index contributed by atoms with van der Waals surface area (Å²) in [6, 6.07) is 5.30. The summed E-state index contributed by atoms with van der Waals surface area (Å²) in [5.41, 5.74) is 0.00181. The molecule has 0 atom stereocenters. The second-order valence-corrected chi connectivity index (χ2v) is 4.48. The summed E-state index contributed by atoms with van der Waals surface area (Å²) in [7, 11) is 0. The molecule has 1 N–H and O–H groups in total. The lowest BCUT2D eigenvalue weighted by Gasteiger charge is -2.30. The quantitative estimate of drug-likeness (QED) is 0.500. The Labute approximate surface area is 111 Å². The summed E-state index contributed by atoms with van der Waals surface area (Å²) < 4.78 is 0. The number of likely N-dealkylation sites (tertiary alicyclic amines) is 1. The van der Waals surface area contributed by atoms with Crippen LogP contribution in [0.15, 0.2) is 18.3 Å². The van der Waals surface area contributed by atoms with Gasteiger partial charge in [-0.3, -0.25) is 15.0 Å². The first kappa shape index (κ1) is 13.2. The van der Waals surface area contributed by atoms with E-state index in [-0.39, 0.29) is 11.7 Å². The smallest absolute Gasteiger partial charge is 0.311 e.